The predicted molar refractivity (Wildman–Crippen MR) is 107 cm³/mol. The number of hydrogen-bond donors (Lipinski definition) is 1. The van der Waals surface area contributed by atoms with Crippen molar-refractivity contribution in [2.45, 2.75) is 19.5 Å². The van der Waals surface area contributed by atoms with Gasteiger partial charge < -0.3 is 10.1 Å². The van der Waals surface area contributed by atoms with Crippen LogP contribution < -0.4 is 10.1 Å². The molecule has 0 saturated carbocycles. The maximum Gasteiger partial charge on any atom is 0.241 e. The number of carbonyl (C=O) groups is 1. The molecule has 26 heavy (non-hydrogen) atoms. The minimum Gasteiger partial charge on any atom is -0.495 e. The Bertz CT molecular complexity index is 730. The van der Waals surface area contributed by atoms with Crippen LogP contribution in [0.5, 0.6) is 5.75 Å². The first-order valence-electron chi connectivity index (χ1n) is 8.70. The van der Waals surface area contributed by atoms with Crippen molar-refractivity contribution in [1.29, 1.82) is 0 Å². The van der Waals surface area contributed by atoms with Crippen LogP contribution in [0, 0.1) is 0 Å². The molecule has 0 radical (unpaired) electrons. The second-order valence-corrected chi connectivity index (χ2v) is 7.87. The van der Waals surface area contributed by atoms with Gasteiger partial charge in [-0.3, -0.25) is 14.6 Å². The lowest BCUT2D eigenvalue weighted by Crippen LogP contribution is -2.52. The third-order valence-corrected chi connectivity index (χ3v) is 5.81. The van der Waals surface area contributed by atoms with Gasteiger partial charge in [0.15, 0.2) is 0 Å². The molecule has 1 aliphatic rings. The lowest BCUT2D eigenvalue weighted by atomic mass is 10.2. The summed E-state index contributed by atoms with van der Waals surface area (Å²) in [5.74, 6) is 0.563. The first-order chi connectivity index (χ1) is 12.6. The lowest BCUT2D eigenvalue weighted by Gasteiger charge is -2.37. The molecule has 0 bridgehead atoms. The van der Waals surface area contributed by atoms with E-state index in [1.165, 1.54) is 4.88 Å². The summed E-state index contributed by atoms with van der Waals surface area (Å²) in [6.45, 7) is 6.64. The molecule has 1 aliphatic heterocycles. The van der Waals surface area contributed by atoms with Gasteiger partial charge in [-0.1, -0.05) is 17.7 Å². The van der Waals surface area contributed by atoms with E-state index in [9.17, 15) is 4.79 Å². The largest absolute Gasteiger partial charge is 0.495 e. The van der Waals surface area contributed by atoms with Crippen LogP contribution in [0.2, 0.25) is 5.02 Å². The van der Waals surface area contributed by atoms with Gasteiger partial charge in [0.2, 0.25) is 5.91 Å². The molecule has 1 fully saturated rings. The molecule has 1 N–H and O–H groups in total. The molecule has 1 aromatic heterocycles. The summed E-state index contributed by atoms with van der Waals surface area (Å²) in [5, 5.41) is 5.62. The summed E-state index contributed by atoms with van der Waals surface area (Å²) in [6.07, 6.45) is 0. The number of halogens is 1. The number of methoxy groups -OCH3 is 1. The first-order valence-corrected chi connectivity index (χ1v) is 9.96. The number of amides is 1. The van der Waals surface area contributed by atoms with Crippen molar-refractivity contribution in [3.8, 4) is 5.75 Å². The average Bonchev–Trinajstić information content (AvgIpc) is 3.15. The van der Waals surface area contributed by atoms with Crippen LogP contribution in [0.15, 0.2) is 35.7 Å². The van der Waals surface area contributed by atoms with E-state index in [-0.39, 0.29) is 11.9 Å². The summed E-state index contributed by atoms with van der Waals surface area (Å²) < 4.78 is 5.30. The van der Waals surface area contributed by atoms with Crippen LogP contribution in [0.1, 0.15) is 11.8 Å². The SMILES string of the molecule is COc1ccc(Cl)cc1NC(=O)[C@@H](C)N1CCN(Cc2cccs2)CC1. The molecule has 1 aromatic carbocycles. The number of rotatable bonds is 6. The van der Waals surface area contributed by atoms with Gasteiger partial charge in [-0.15, -0.1) is 11.3 Å². The van der Waals surface area contributed by atoms with E-state index in [1.54, 1.807) is 36.6 Å². The van der Waals surface area contributed by atoms with Gasteiger partial charge in [0.25, 0.3) is 0 Å². The summed E-state index contributed by atoms with van der Waals surface area (Å²) in [7, 11) is 1.58. The van der Waals surface area contributed by atoms with E-state index in [4.69, 9.17) is 16.3 Å². The number of nitrogens with zero attached hydrogens (tertiary/aromatic N) is 2. The zero-order valence-electron chi connectivity index (χ0n) is 15.1. The molecule has 1 atom stereocenters. The molecular formula is C19H24ClN3O2S. The van der Waals surface area contributed by atoms with Gasteiger partial charge >= 0.3 is 0 Å². The molecule has 2 heterocycles. The van der Waals surface area contributed by atoms with Crippen molar-refractivity contribution >= 4 is 34.5 Å². The highest BCUT2D eigenvalue weighted by molar-refractivity contribution is 7.09. The Morgan fingerprint density at radius 3 is 2.73 bits per heavy atom. The Morgan fingerprint density at radius 1 is 1.31 bits per heavy atom. The Labute approximate surface area is 163 Å². The molecule has 7 heteroatoms. The van der Waals surface area contributed by atoms with Crippen LogP contribution in [0.25, 0.3) is 0 Å². The fourth-order valence-electron chi connectivity index (χ4n) is 3.11. The van der Waals surface area contributed by atoms with Crippen molar-refractivity contribution in [1.82, 2.24) is 9.80 Å². The fraction of sp³-hybridized carbons (Fsp3) is 0.421. The second kappa shape index (κ2) is 8.86. The summed E-state index contributed by atoms with van der Waals surface area (Å²) in [5.41, 5.74) is 0.605. The van der Waals surface area contributed by atoms with Gasteiger partial charge in [-0.25, -0.2) is 0 Å². The monoisotopic (exact) mass is 393 g/mol. The van der Waals surface area contributed by atoms with Crippen LogP contribution in [0.4, 0.5) is 5.69 Å². The van der Waals surface area contributed by atoms with E-state index in [2.05, 4.69) is 32.6 Å². The zero-order chi connectivity index (χ0) is 18.5. The minimum absolute atomic E-state index is 0.0442. The highest BCUT2D eigenvalue weighted by Gasteiger charge is 2.26. The summed E-state index contributed by atoms with van der Waals surface area (Å²) in [4.78, 5) is 18.7. The molecule has 0 aliphatic carbocycles. The molecule has 2 aromatic rings. The van der Waals surface area contributed by atoms with Gasteiger partial charge in [0.1, 0.15) is 5.75 Å². The zero-order valence-corrected chi connectivity index (χ0v) is 16.6. The van der Waals surface area contributed by atoms with Crippen LogP contribution in [-0.4, -0.2) is 55.0 Å². The molecular weight excluding hydrogens is 370 g/mol. The van der Waals surface area contributed by atoms with E-state index in [0.29, 0.717) is 16.5 Å². The number of carbonyl (C=O) groups excluding carboxylic acids is 1. The molecule has 1 saturated heterocycles. The summed E-state index contributed by atoms with van der Waals surface area (Å²) in [6, 6.07) is 9.27. The van der Waals surface area contributed by atoms with E-state index < -0.39 is 0 Å². The maximum absolute atomic E-state index is 12.7. The number of benzene rings is 1. The molecule has 140 valence electrons. The van der Waals surface area contributed by atoms with E-state index in [1.807, 2.05) is 6.92 Å². The number of anilines is 1. The smallest absolute Gasteiger partial charge is 0.241 e. The third-order valence-electron chi connectivity index (χ3n) is 4.71. The van der Waals surface area contributed by atoms with E-state index >= 15 is 0 Å². The Balaban J connectivity index is 1.54. The van der Waals surface area contributed by atoms with Crippen molar-refractivity contribution in [3.63, 3.8) is 0 Å². The summed E-state index contributed by atoms with van der Waals surface area (Å²) >= 11 is 7.83. The number of piperazine rings is 1. The Kier molecular flexibility index (Phi) is 6.53. The molecule has 5 nitrogen and oxygen atoms in total. The molecule has 1 amide bonds. The minimum atomic E-state index is -0.206. The molecule has 0 unspecified atom stereocenters. The Hall–Kier alpha value is -1.60. The number of nitrogens with one attached hydrogen (secondary N) is 1. The van der Waals surface area contributed by atoms with Crippen LogP contribution in [-0.2, 0) is 11.3 Å². The van der Waals surface area contributed by atoms with Gasteiger partial charge in [-0.2, -0.15) is 0 Å². The molecule has 3 rings (SSSR count). The average molecular weight is 394 g/mol. The van der Waals surface area contributed by atoms with Crippen molar-refractivity contribution in [2.75, 3.05) is 38.6 Å². The van der Waals surface area contributed by atoms with Crippen molar-refractivity contribution in [2.24, 2.45) is 0 Å². The first kappa shape index (κ1) is 19.2. The lowest BCUT2D eigenvalue weighted by molar-refractivity contribution is -0.121. The van der Waals surface area contributed by atoms with E-state index in [0.717, 1.165) is 32.7 Å². The van der Waals surface area contributed by atoms with Gasteiger partial charge in [-0.05, 0) is 36.6 Å². The predicted octanol–water partition coefficient (Wildman–Crippen LogP) is 3.55. The van der Waals surface area contributed by atoms with Crippen molar-refractivity contribution < 1.29 is 9.53 Å². The highest BCUT2D eigenvalue weighted by Crippen LogP contribution is 2.28. The fourth-order valence-corrected chi connectivity index (χ4v) is 4.03. The number of hydrogen-bond acceptors (Lipinski definition) is 5. The molecule has 0 spiro atoms. The van der Waals surface area contributed by atoms with Gasteiger partial charge in [0.05, 0.1) is 18.8 Å². The standard InChI is InChI=1S/C19H24ClN3O2S/c1-14(19(24)21-17-12-15(20)5-6-18(17)25-2)23-9-7-22(8-10-23)13-16-4-3-11-26-16/h3-6,11-12,14H,7-10,13H2,1-2H3,(H,21,24)/t14-/m1/s1. The highest BCUT2D eigenvalue weighted by atomic mass is 35.5. The number of ether oxygens (including phenoxy) is 1. The Morgan fingerprint density at radius 2 is 2.08 bits per heavy atom. The quantitative estimate of drug-likeness (QED) is 0.815. The second-order valence-electron chi connectivity index (χ2n) is 6.40. The van der Waals surface area contributed by atoms with Crippen LogP contribution in [0.3, 0.4) is 0 Å². The van der Waals surface area contributed by atoms with Crippen LogP contribution >= 0.6 is 22.9 Å². The normalized spacial score (nSPS) is 17.0. The van der Waals surface area contributed by atoms with Crippen molar-refractivity contribution in [3.05, 3.63) is 45.6 Å². The number of thiophene rings is 1. The van der Waals surface area contributed by atoms with Gasteiger partial charge in [0, 0.05) is 42.6 Å². The topological polar surface area (TPSA) is 44.8 Å². The maximum atomic E-state index is 12.7. The third kappa shape index (κ3) is 4.76.